The van der Waals surface area contributed by atoms with Gasteiger partial charge in [-0.3, -0.25) is 19.2 Å². The van der Waals surface area contributed by atoms with E-state index in [1.54, 1.807) is 13.8 Å². The number of amides is 4. The van der Waals surface area contributed by atoms with Crippen LogP contribution in [-0.4, -0.2) is 62.3 Å². The summed E-state index contributed by atoms with van der Waals surface area (Å²) in [6.45, 7) is 3.87. The van der Waals surface area contributed by atoms with Gasteiger partial charge in [-0.1, -0.05) is 60.7 Å². The molecule has 0 aromatic heterocycles. The Labute approximate surface area is 219 Å². The topological polar surface area (TPSA) is 134 Å². The predicted molar refractivity (Wildman–Crippen MR) is 143 cm³/mol. The molecule has 2 unspecified atom stereocenters. The van der Waals surface area contributed by atoms with Gasteiger partial charge in [0.25, 0.3) is 0 Å². The largest absolute Gasteiger partial charge is 0.369 e. The third-order valence-corrected chi connectivity index (χ3v) is 6.26. The fourth-order valence-electron chi connectivity index (χ4n) is 4.53. The van der Waals surface area contributed by atoms with Crippen molar-refractivity contribution in [1.29, 1.82) is 0 Å². The number of rotatable bonds is 13. The maximum absolute atomic E-state index is 13.4. The van der Waals surface area contributed by atoms with E-state index in [2.05, 4.69) is 16.0 Å². The summed E-state index contributed by atoms with van der Waals surface area (Å²) in [6.07, 6.45) is 0.440. The number of benzene rings is 2. The van der Waals surface area contributed by atoms with Gasteiger partial charge >= 0.3 is 0 Å². The second kappa shape index (κ2) is 13.5. The van der Waals surface area contributed by atoms with Crippen molar-refractivity contribution in [2.75, 3.05) is 27.7 Å². The van der Waals surface area contributed by atoms with Crippen LogP contribution in [0.3, 0.4) is 0 Å². The van der Waals surface area contributed by atoms with Crippen molar-refractivity contribution in [2.24, 2.45) is 17.1 Å². The smallest absolute Gasteiger partial charge is 0.248 e. The Morgan fingerprint density at radius 1 is 0.892 bits per heavy atom. The normalized spacial score (nSPS) is 13.5. The first-order chi connectivity index (χ1) is 17.6. The van der Waals surface area contributed by atoms with Crippen molar-refractivity contribution in [1.82, 2.24) is 20.9 Å². The van der Waals surface area contributed by atoms with Crippen molar-refractivity contribution >= 4 is 23.6 Å². The van der Waals surface area contributed by atoms with Gasteiger partial charge in [-0.25, -0.2) is 0 Å². The van der Waals surface area contributed by atoms with Gasteiger partial charge in [0.05, 0.1) is 12.0 Å². The van der Waals surface area contributed by atoms with E-state index in [-0.39, 0.29) is 18.5 Å². The van der Waals surface area contributed by atoms with Crippen LogP contribution in [-0.2, 0) is 19.2 Å². The molecule has 5 N–H and O–H groups in total. The standard InChI is InChI=1S/C28H39N5O4/c1-19(2)32-26(36)28(25(35)30-3,27(37)33(4)5)22(24(29)34)17-12-18-31-23(20-13-8-6-9-14-20)21-15-10-7-11-16-21/h6-11,13-16,19,22-23,31H,12,17-18H2,1-5H3,(H2,29,34)(H,30,35)(H,32,36). The van der Waals surface area contributed by atoms with Gasteiger partial charge in [0.1, 0.15) is 0 Å². The first-order valence-electron chi connectivity index (χ1n) is 12.4. The Hall–Kier alpha value is -3.72. The quantitative estimate of drug-likeness (QED) is 0.240. The van der Waals surface area contributed by atoms with E-state index < -0.39 is 35.0 Å². The minimum atomic E-state index is -2.33. The lowest BCUT2D eigenvalue weighted by Gasteiger charge is -2.37. The molecule has 0 aliphatic carbocycles. The maximum atomic E-state index is 13.4. The van der Waals surface area contributed by atoms with Crippen molar-refractivity contribution in [3.05, 3.63) is 71.8 Å². The summed E-state index contributed by atoms with van der Waals surface area (Å²) in [5.41, 5.74) is 5.57. The molecule has 0 saturated carbocycles. The number of nitrogens with two attached hydrogens (primary N) is 1. The second-order valence-corrected chi connectivity index (χ2v) is 9.52. The fourth-order valence-corrected chi connectivity index (χ4v) is 4.53. The number of primary amides is 1. The van der Waals surface area contributed by atoms with Crippen LogP contribution in [0.2, 0.25) is 0 Å². The van der Waals surface area contributed by atoms with Crippen molar-refractivity contribution in [2.45, 2.75) is 38.8 Å². The summed E-state index contributed by atoms with van der Waals surface area (Å²) >= 11 is 0. The first-order valence-corrected chi connectivity index (χ1v) is 12.4. The summed E-state index contributed by atoms with van der Waals surface area (Å²) in [5, 5.41) is 8.57. The summed E-state index contributed by atoms with van der Waals surface area (Å²) in [6, 6.07) is 19.4. The molecular weight excluding hydrogens is 470 g/mol. The van der Waals surface area contributed by atoms with E-state index in [1.165, 1.54) is 21.1 Å². The molecular formula is C28H39N5O4. The lowest BCUT2D eigenvalue weighted by Crippen LogP contribution is -2.65. The van der Waals surface area contributed by atoms with Gasteiger partial charge in [-0.2, -0.15) is 0 Å². The number of hydrogen-bond acceptors (Lipinski definition) is 5. The zero-order valence-corrected chi connectivity index (χ0v) is 22.3. The van der Waals surface area contributed by atoms with Crippen LogP contribution >= 0.6 is 0 Å². The van der Waals surface area contributed by atoms with Gasteiger partial charge in [-0.15, -0.1) is 0 Å². The minimum absolute atomic E-state index is 0.0527. The second-order valence-electron chi connectivity index (χ2n) is 9.52. The summed E-state index contributed by atoms with van der Waals surface area (Å²) in [4.78, 5) is 53.9. The molecule has 2 aromatic rings. The number of hydrogen-bond donors (Lipinski definition) is 4. The van der Waals surface area contributed by atoms with Crippen LogP contribution in [0.25, 0.3) is 0 Å². The number of carbonyl (C=O) groups excluding carboxylic acids is 4. The van der Waals surface area contributed by atoms with Gasteiger partial charge in [-0.05, 0) is 44.4 Å². The predicted octanol–water partition coefficient (Wildman–Crippen LogP) is 1.59. The molecule has 9 nitrogen and oxygen atoms in total. The lowest BCUT2D eigenvalue weighted by molar-refractivity contribution is -0.164. The van der Waals surface area contributed by atoms with Crippen molar-refractivity contribution in [3.8, 4) is 0 Å². The molecule has 2 rings (SSSR count). The van der Waals surface area contributed by atoms with E-state index in [1.807, 2.05) is 60.7 Å². The number of carbonyl (C=O) groups is 4. The molecule has 4 amide bonds. The molecule has 0 aliphatic heterocycles. The first kappa shape index (κ1) is 29.5. The summed E-state index contributed by atoms with van der Waals surface area (Å²) < 4.78 is 0. The van der Waals surface area contributed by atoms with Crippen LogP contribution < -0.4 is 21.7 Å². The van der Waals surface area contributed by atoms with Crippen LogP contribution in [0, 0.1) is 11.3 Å². The van der Waals surface area contributed by atoms with E-state index in [9.17, 15) is 19.2 Å². The average molecular weight is 510 g/mol. The average Bonchev–Trinajstić information content (AvgIpc) is 2.87. The van der Waals surface area contributed by atoms with Crippen LogP contribution in [0.15, 0.2) is 60.7 Å². The zero-order valence-electron chi connectivity index (χ0n) is 22.3. The van der Waals surface area contributed by atoms with E-state index in [0.29, 0.717) is 13.0 Å². The third kappa shape index (κ3) is 6.95. The highest BCUT2D eigenvalue weighted by molar-refractivity contribution is 6.24. The molecule has 0 spiro atoms. The summed E-state index contributed by atoms with van der Waals surface area (Å²) in [5.74, 6) is -4.75. The van der Waals surface area contributed by atoms with Crippen LogP contribution in [0.1, 0.15) is 43.9 Å². The molecule has 2 atom stereocenters. The molecule has 9 heteroatoms. The van der Waals surface area contributed by atoms with Gasteiger partial charge < -0.3 is 26.6 Å². The highest BCUT2D eigenvalue weighted by atomic mass is 16.2. The van der Waals surface area contributed by atoms with E-state index in [0.717, 1.165) is 16.0 Å². The molecule has 0 heterocycles. The van der Waals surface area contributed by atoms with Crippen molar-refractivity contribution in [3.63, 3.8) is 0 Å². The molecule has 37 heavy (non-hydrogen) atoms. The monoisotopic (exact) mass is 509 g/mol. The molecule has 200 valence electrons. The van der Waals surface area contributed by atoms with Gasteiger partial charge in [0.2, 0.25) is 29.0 Å². The Morgan fingerprint density at radius 3 is 1.81 bits per heavy atom. The molecule has 0 saturated heterocycles. The van der Waals surface area contributed by atoms with Gasteiger partial charge in [0, 0.05) is 27.2 Å². The Balaban J connectivity index is 2.35. The maximum Gasteiger partial charge on any atom is 0.248 e. The highest BCUT2D eigenvalue weighted by Crippen LogP contribution is 2.35. The van der Waals surface area contributed by atoms with Crippen molar-refractivity contribution < 1.29 is 19.2 Å². The van der Waals surface area contributed by atoms with Crippen LogP contribution in [0.4, 0.5) is 0 Å². The summed E-state index contributed by atoms with van der Waals surface area (Å²) in [7, 11) is 4.20. The highest BCUT2D eigenvalue weighted by Gasteiger charge is 2.60. The van der Waals surface area contributed by atoms with E-state index in [4.69, 9.17) is 5.73 Å². The number of nitrogens with one attached hydrogen (secondary N) is 3. The lowest BCUT2D eigenvalue weighted by atomic mass is 9.69. The molecule has 0 aliphatic rings. The van der Waals surface area contributed by atoms with Gasteiger partial charge in [0.15, 0.2) is 0 Å². The SMILES string of the molecule is CNC(=O)C(C(=O)NC(C)C)(C(=O)N(C)C)C(CCCNC(c1ccccc1)c1ccccc1)C(N)=O. The molecule has 0 bridgehead atoms. The van der Waals surface area contributed by atoms with Crippen LogP contribution in [0.5, 0.6) is 0 Å². The fraction of sp³-hybridized carbons (Fsp3) is 0.429. The Bertz CT molecular complexity index is 1020. The Kier molecular flexibility index (Phi) is 10.8. The Morgan fingerprint density at radius 2 is 1.41 bits per heavy atom. The third-order valence-electron chi connectivity index (χ3n) is 6.26. The molecule has 0 radical (unpaired) electrons. The number of nitrogens with zero attached hydrogens (tertiary/aromatic N) is 1. The molecule has 2 aromatic carbocycles. The van der Waals surface area contributed by atoms with E-state index >= 15 is 0 Å². The molecule has 0 fully saturated rings. The minimum Gasteiger partial charge on any atom is -0.369 e. The zero-order chi connectivity index (χ0) is 27.6.